The number of ether oxygens (including phenoxy) is 1. The van der Waals surface area contributed by atoms with Crippen LogP contribution in [0.15, 0.2) is 12.2 Å². The highest BCUT2D eigenvalue weighted by Crippen LogP contribution is 2.45. The van der Waals surface area contributed by atoms with E-state index in [1.54, 1.807) is 0 Å². The lowest BCUT2D eigenvalue weighted by Gasteiger charge is -2.22. The van der Waals surface area contributed by atoms with Crippen LogP contribution in [0, 0.1) is 23.7 Å². The topological polar surface area (TPSA) is 79.0 Å². The molecule has 0 aromatic heterocycles. The third-order valence-electron chi connectivity index (χ3n) is 7.26. The Balaban J connectivity index is 1.03. The van der Waals surface area contributed by atoms with Crippen LogP contribution in [0.2, 0.25) is 0 Å². The smallest absolute Gasteiger partial charge is 0.249 e. The van der Waals surface area contributed by atoms with E-state index in [0.717, 1.165) is 38.9 Å². The van der Waals surface area contributed by atoms with Gasteiger partial charge in [-0.25, -0.2) is 0 Å². The molecule has 5 unspecified atom stereocenters. The first-order chi connectivity index (χ1) is 13.6. The zero-order chi connectivity index (χ0) is 19.3. The van der Waals surface area contributed by atoms with Crippen molar-refractivity contribution in [3.8, 4) is 0 Å². The van der Waals surface area contributed by atoms with E-state index in [0.29, 0.717) is 43.9 Å². The number of allylic oxidation sites excluding steroid dienone is 2. The van der Waals surface area contributed by atoms with Gasteiger partial charge in [0.25, 0.3) is 0 Å². The largest absolute Gasteiger partial charge is 0.368 e. The fraction of sp³-hybridized carbons (Fsp3) is 0.762. The Morgan fingerprint density at radius 2 is 1.75 bits per heavy atom. The molecular weight excluding hydrogens is 358 g/mol. The lowest BCUT2D eigenvalue weighted by Crippen LogP contribution is -2.40. The van der Waals surface area contributed by atoms with Gasteiger partial charge in [-0.05, 0) is 50.5 Å². The molecule has 3 aliphatic heterocycles. The molecule has 152 valence electrons. The van der Waals surface area contributed by atoms with Gasteiger partial charge in [0, 0.05) is 32.3 Å². The normalized spacial score (nSPS) is 39.4. The predicted molar refractivity (Wildman–Crippen MR) is 101 cm³/mol. The summed E-state index contributed by atoms with van der Waals surface area (Å²) in [6.07, 6.45) is 7.87. The molecule has 3 saturated heterocycles. The molecule has 3 amide bonds. The van der Waals surface area contributed by atoms with Crippen molar-refractivity contribution in [1.29, 1.82) is 0 Å². The molecular formula is C21H29N3O4. The van der Waals surface area contributed by atoms with Gasteiger partial charge in [0.15, 0.2) is 0 Å². The molecule has 0 spiro atoms. The number of likely N-dealkylation sites (tertiary alicyclic amines) is 2. The molecule has 0 bridgehead atoms. The quantitative estimate of drug-likeness (QED) is 0.532. The van der Waals surface area contributed by atoms with Gasteiger partial charge >= 0.3 is 0 Å². The van der Waals surface area contributed by atoms with Gasteiger partial charge in [0.05, 0.1) is 11.8 Å². The van der Waals surface area contributed by atoms with Crippen molar-refractivity contribution in [3.05, 3.63) is 12.2 Å². The first-order valence-electron chi connectivity index (χ1n) is 10.8. The molecule has 0 radical (unpaired) electrons. The average molecular weight is 387 g/mol. The van der Waals surface area contributed by atoms with Crippen molar-refractivity contribution < 1.29 is 19.1 Å². The Kier molecular flexibility index (Phi) is 4.75. The Bertz CT molecular complexity index is 664. The maximum atomic E-state index is 12.5. The molecule has 3 heterocycles. The van der Waals surface area contributed by atoms with Crippen LogP contribution in [0.3, 0.4) is 0 Å². The molecule has 1 saturated carbocycles. The highest BCUT2D eigenvalue weighted by atomic mass is 16.5. The molecule has 5 aliphatic rings. The molecule has 1 N–H and O–H groups in total. The fourth-order valence-corrected chi connectivity index (χ4v) is 5.59. The third kappa shape index (κ3) is 3.18. The summed E-state index contributed by atoms with van der Waals surface area (Å²) in [6.45, 7) is 4.14. The maximum Gasteiger partial charge on any atom is 0.249 e. The molecule has 7 heteroatoms. The number of carbonyl (C=O) groups is 3. The van der Waals surface area contributed by atoms with Gasteiger partial charge < -0.3 is 15.0 Å². The van der Waals surface area contributed by atoms with Crippen molar-refractivity contribution in [2.24, 2.45) is 23.7 Å². The van der Waals surface area contributed by atoms with Crippen LogP contribution < -0.4 is 5.32 Å². The molecule has 5 rings (SSSR count). The second-order valence-electron chi connectivity index (χ2n) is 8.96. The first kappa shape index (κ1) is 18.3. The van der Waals surface area contributed by atoms with E-state index >= 15 is 0 Å². The predicted octanol–water partition coefficient (Wildman–Crippen LogP) is 0.553. The summed E-state index contributed by atoms with van der Waals surface area (Å²) in [5, 5.41) is 3.17. The number of carbonyl (C=O) groups excluding carboxylic acids is 3. The second-order valence-corrected chi connectivity index (χ2v) is 8.96. The molecule has 0 aromatic carbocycles. The minimum absolute atomic E-state index is 0.0283. The minimum atomic E-state index is -0.244. The number of imide groups is 1. The van der Waals surface area contributed by atoms with Crippen LogP contribution in [0.5, 0.6) is 0 Å². The molecule has 2 aliphatic carbocycles. The summed E-state index contributed by atoms with van der Waals surface area (Å²) in [6, 6.07) is 0.310. The summed E-state index contributed by atoms with van der Waals surface area (Å²) in [7, 11) is 0. The fourth-order valence-electron chi connectivity index (χ4n) is 5.59. The van der Waals surface area contributed by atoms with Crippen LogP contribution in [0.4, 0.5) is 0 Å². The molecule has 28 heavy (non-hydrogen) atoms. The summed E-state index contributed by atoms with van der Waals surface area (Å²) in [5.74, 6) is 0.977. The van der Waals surface area contributed by atoms with Crippen molar-refractivity contribution in [3.63, 3.8) is 0 Å². The zero-order valence-electron chi connectivity index (χ0n) is 16.2. The standard InChI is InChI=1S/C21H29N3O4/c25-19(17-7-3-10-28-17)22-18-15-11-23(12-16(15)18)8-4-9-24-20(26)13-5-1-2-6-14(13)21(24)27/h1-2,13-18H,3-12H2,(H,22,25). The van der Waals surface area contributed by atoms with Crippen LogP contribution >= 0.6 is 0 Å². The van der Waals surface area contributed by atoms with E-state index in [9.17, 15) is 14.4 Å². The third-order valence-corrected chi connectivity index (χ3v) is 7.26. The van der Waals surface area contributed by atoms with Crippen LogP contribution in [-0.2, 0) is 19.1 Å². The SMILES string of the molecule is O=C(NC1C2CN(CCCN3C(=O)C4CC=CCC4C3=O)CC21)C1CCCO1. The lowest BCUT2D eigenvalue weighted by atomic mass is 9.85. The van der Waals surface area contributed by atoms with Crippen molar-refractivity contribution >= 4 is 17.7 Å². The number of nitrogens with zero attached hydrogens (tertiary/aromatic N) is 2. The summed E-state index contributed by atoms with van der Waals surface area (Å²) < 4.78 is 5.45. The Morgan fingerprint density at radius 1 is 1.07 bits per heavy atom. The molecule has 7 nitrogen and oxygen atoms in total. The highest BCUT2D eigenvalue weighted by Gasteiger charge is 2.56. The summed E-state index contributed by atoms with van der Waals surface area (Å²) in [4.78, 5) is 41.1. The van der Waals surface area contributed by atoms with E-state index in [4.69, 9.17) is 4.74 Å². The number of nitrogens with one attached hydrogen (secondary N) is 1. The van der Waals surface area contributed by atoms with Gasteiger partial charge in [-0.15, -0.1) is 0 Å². The first-order valence-corrected chi connectivity index (χ1v) is 10.8. The lowest BCUT2D eigenvalue weighted by molar-refractivity contribution is -0.140. The van der Waals surface area contributed by atoms with Gasteiger partial charge in [0.2, 0.25) is 17.7 Å². The number of rotatable bonds is 6. The van der Waals surface area contributed by atoms with E-state index < -0.39 is 0 Å². The Labute approximate surface area is 165 Å². The summed E-state index contributed by atoms with van der Waals surface area (Å²) in [5.41, 5.74) is 0. The van der Waals surface area contributed by atoms with Crippen molar-refractivity contribution in [2.45, 2.75) is 44.2 Å². The number of piperidine rings is 1. The summed E-state index contributed by atoms with van der Waals surface area (Å²) >= 11 is 0. The van der Waals surface area contributed by atoms with Gasteiger partial charge in [-0.1, -0.05) is 12.2 Å². The Morgan fingerprint density at radius 3 is 2.36 bits per heavy atom. The van der Waals surface area contributed by atoms with E-state index in [1.807, 2.05) is 12.2 Å². The zero-order valence-corrected chi connectivity index (χ0v) is 16.2. The van der Waals surface area contributed by atoms with Gasteiger partial charge in [-0.2, -0.15) is 0 Å². The molecule has 4 fully saturated rings. The van der Waals surface area contributed by atoms with Crippen molar-refractivity contribution in [1.82, 2.24) is 15.1 Å². The monoisotopic (exact) mass is 387 g/mol. The van der Waals surface area contributed by atoms with Crippen LogP contribution in [-0.4, -0.2) is 72.5 Å². The highest BCUT2D eigenvalue weighted by molar-refractivity contribution is 6.05. The van der Waals surface area contributed by atoms with E-state index in [2.05, 4.69) is 10.2 Å². The van der Waals surface area contributed by atoms with Crippen LogP contribution in [0.25, 0.3) is 0 Å². The average Bonchev–Trinajstić information content (AvgIpc) is 3.17. The number of fused-ring (bicyclic) bond motifs is 2. The Hall–Kier alpha value is -1.73. The number of hydrogen-bond acceptors (Lipinski definition) is 5. The maximum absolute atomic E-state index is 12.5. The van der Waals surface area contributed by atoms with Crippen molar-refractivity contribution in [2.75, 3.05) is 32.8 Å². The molecule has 0 aromatic rings. The van der Waals surface area contributed by atoms with E-state index in [1.165, 1.54) is 4.90 Å². The van der Waals surface area contributed by atoms with Gasteiger partial charge in [0.1, 0.15) is 6.10 Å². The molecule has 5 atom stereocenters. The second kappa shape index (κ2) is 7.26. The van der Waals surface area contributed by atoms with Gasteiger partial charge in [-0.3, -0.25) is 19.3 Å². The van der Waals surface area contributed by atoms with Crippen LogP contribution in [0.1, 0.15) is 32.1 Å². The minimum Gasteiger partial charge on any atom is -0.368 e. The number of hydrogen-bond donors (Lipinski definition) is 1. The van der Waals surface area contributed by atoms with E-state index in [-0.39, 0.29) is 35.7 Å². The number of amides is 3.